The summed E-state index contributed by atoms with van der Waals surface area (Å²) in [5.74, 6) is -4.15. The van der Waals surface area contributed by atoms with Gasteiger partial charge in [0, 0.05) is 39.3 Å². The molecule has 2 N–H and O–H groups in total. The lowest BCUT2D eigenvalue weighted by atomic mass is 10.1. The standard InChI is InChI=1S/C16H16FN3O4.C13H12FN3O4/c17-11-6-2-3-7-13(11)20-14(10-12(18-20)15(21)22)24-16(23)19-8-4-1-5-9-19;1-16(2)13(20)21-11-7-9(12(18)19)15-17(11)10-6-4-3-5-8(10)14/h2-3,6-7,10H,1,4-5,8-9H2,(H,21,22);3-7H,1-2H3,(H,18,19). The third-order valence-corrected chi connectivity index (χ3v) is 6.32. The number of carboxylic acid groups (broad SMARTS) is 2. The number of likely N-dealkylation sites (tertiary alicyclic amines) is 1. The monoisotopic (exact) mass is 626 g/mol. The highest BCUT2D eigenvalue weighted by molar-refractivity contribution is 5.86. The zero-order valence-electron chi connectivity index (χ0n) is 24.1. The Kier molecular flexibility index (Phi) is 10.1. The van der Waals surface area contributed by atoms with E-state index in [0.717, 1.165) is 45.7 Å². The zero-order valence-corrected chi connectivity index (χ0v) is 24.1. The van der Waals surface area contributed by atoms with Crippen LogP contribution in [0.5, 0.6) is 11.8 Å². The maximum Gasteiger partial charge on any atom is 0.416 e. The van der Waals surface area contributed by atoms with Gasteiger partial charge < -0.3 is 29.5 Å². The molecule has 236 valence electrons. The van der Waals surface area contributed by atoms with Gasteiger partial charge >= 0.3 is 24.1 Å². The molecule has 0 spiro atoms. The predicted molar refractivity (Wildman–Crippen MR) is 152 cm³/mol. The zero-order chi connectivity index (χ0) is 32.7. The Labute approximate surface area is 254 Å². The predicted octanol–water partition coefficient (Wildman–Crippen LogP) is 4.46. The number of amides is 2. The molecule has 0 bridgehead atoms. The van der Waals surface area contributed by atoms with E-state index in [-0.39, 0.29) is 34.5 Å². The second-order valence-corrected chi connectivity index (χ2v) is 9.75. The maximum atomic E-state index is 14.0. The van der Waals surface area contributed by atoms with Crippen molar-refractivity contribution in [1.82, 2.24) is 29.4 Å². The van der Waals surface area contributed by atoms with Crippen LogP contribution in [-0.2, 0) is 0 Å². The van der Waals surface area contributed by atoms with Crippen molar-refractivity contribution in [2.45, 2.75) is 19.3 Å². The van der Waals surface area contributed by atoms with Gasteiger partial charge in [-0.3, -0.25) is 0 Å². The normalized spacial score (nSPS) is 12.5. The molecule has 0 aliphatic carbocycles. The van der Waals surface area contributed by atoms with Gasteiger partial charge in [-0.25, -0.2) is 28.0 Å². The van der Waals surface area contributed by atoms with Crippen LogP contribution in [0.25, 0.3) is 11.4 Å². The lowest BCUT2D eigenvalue weighted by Crippen LogP contribution is -2.37. The van der Waals surface area contributed by atoms with Crippen molar-refractivity contribution >= 4 is 24.1 Å². The van der Waals surface area contributed by atoms with Gasteiger partial charge in [0.2, 0.25) is 11.8 Å². The van der Waals surface area contributed by atoms with Crippen LogP contribution in [-0.4, -0.2) is 90.9 Å². The van der Waals surface area contributed by atoms with Crippen LogP contribution < -0.4 is 9.47 Å². The van der Waals surface area contributed by atoms with E-state index in [1.807, 2.05) is 0 Å². The van der Waals surface area contributed by atoms with Crippen molar-refractivity contribution in [2.24, 2.45) is 0 Å². The second-order valence-electron chi connectivity index (χ2n) is 9.75. The average Bonchev–Trinajstić information content (AvgIpc) is 3.63. The fraction of sp³-hybridized carbons (Fsp3) is 0.241. The fourth-order valence-electron chi connectivity index (χ4n) is 4.09. The molecule has 0 radical (unpaired) electrons. The molecule has 16 heteroatoms. The van der Waals surface area contributed by atoms with Crippen molar-refractivity contribution in [3.8, 4) is 23.1 Å². The van der Waals surface area contributed by atoms with E-state index >= 15 is 0 Å². The Bertz CT molecular complexity index is 1710. The molecule has 14 nitrogen and oxygen atoms in total. The first-order chi connectivity index (χ1) is 21.5. The summed E-state index contributed by atoms with van der Waals surface area (Å²) in [4.78, 5) is 48.6. The van der Waals surface area contributed by atoms with Crippen LogP contribution in [0.2, 0.25) is 0 Å². The number of halogens is 2. The molecule has 4 aromatic rings. The summed E-state index contributed by atoms with van der Waals surface area (Å²) in [5, 5.41) is 25.6. The molecular formula is C29H28F2N6O8. The molecule has 5 rings (SSSR count). The molecule has 0 unspecified atom stereocenters. The van der Waals surface area contributed by atoms with Crippen LogP contribution >= 0.6 is 0 Å². The van der Waals surface area contributed by atoms with Gasteiger partial charge in [0.15, 0.2) is 11.4 Å². The Morgan fingerprint density at radius 3 is 1.60 bits per heavy atom. The molecule has 0 saturated carbocycles. The number of carboxylic acids is 2. The van der Waals surface area contributed by atoms with Gasteiger partial charge in [0.1, 0.15) is 23.0 Å². The van der Waals surface area contributed by atoms with Crippen molar-refractivity contribution in [3.05, 3.63) is 83.7 Å². The minimum Gasteiger partial charge on any atom is -0.476 e. The first-order valence-corrected chi connectivity index (χ1v) is 13.5. The van der Waals surface area contributed by atoms with Crippen LogP contribution in [0.1, 0.15) is 40.2 Å². The summed E-state index contributed by atoms with van der Waals surface area (Å²) < 4.78 is 40.0. The van der Waals surface area contributed by atoms with E-state index in [2.05, 4.69) is 10.2 Å². The van der Waals surface area contributed by atoms with Crippen molar-refractivity contribution in [1.29, 1.82) is 0 Å². The largest absolute Gasteiger partial charge is 0.476 e. The van der Waals surface area contributed by atoms with Crippen LogP contribution in [0.4, 0.5) is 18.4 Å². The highest BCUT2D eigenvalue weighted by Crippen LogP contribution is 2.24. The molecule has 1 saturated heterocycles. The minimum atomic E-state index is -1.31. The summed E-state index contributed by atoms with van der Waals surface area (Å²) in [7, 11) is 2.93. The maximum absolute atomic E-state index is 14.0. The number of para-hydroxylation sites is 2. The number of hydrogen-bond acceptors (Lipinski definition) is 8. The Morgan fingerprint density at radius 2 is 1.18 bits per heavy atom. The Hall–Kier alpha value is -5.80. The molecule has 2 amide bonds. The van der Waals surface area contributed by atoms with Crippen molar-refractivity contribution in [3.63, 3.8) is 0 Å². The first-order valence-electron chi connectivity index (χ1n) is 13.5. The van der Waals surface area contributed by atoms with E-state index in [1.54, 1.807) is 17.0 Å². The molecule has 1 aliphatic heterocycles. The van der Waals surface area contributed by atoms with Crippen molar-refractivity contribution < 1.29 is 47.6 Å². The Morgan fingerprint density at radius 1 is 0.733 bits per heavy atom. The summed E-state index contributed by atoms with van der Waals surface area (Å²) in [6, 6.07) is 13.5. The number of rotatable bonds is 6. The SMILES string of the molecule is CN(C)C(=O)Oc1cc(C(=O)O)nn1-c1ccccc1F.O=C(O)c1cc(OC(=O)N2CCCCC2)n(-c2ccccc2F)n1. The molecule has 0 atom stereocenters. The second kappa shape index (κ2) is 14.1. The number of aromatic nitrogens is 4. The number of carbonyl (C=O) groups excluding carboxylic acids is 2. The lowest BCUT2D eigenvalue weighted by Gasteiger charge is -2.25. The lowest BCUT2D eigenvalue weighted by molar-refractivity contribution is 0.0679. The molecule has 2 aromatic carbocycles. The smallest absolute Gasteiger partial charge is 0.416 e. The number of hydrogen-bond donors (Lipinski definition) is 2. The molecule has 1 aliphatic rings. The third kappa shape index (κ3) is 7.78. The van der Waals surface area contributed by atoms with Gasteiger partial charge in [-0.1, -0.05) is 24.3 Å². The quantitative estimate of drug-likeness (QED) is 0.312. The first kappa shape index (κ1) is 32.1. The number of aromatic carboxylic acids is 2. The number of ether oxygens (including phenoxy) is 2. The highest BCUT2D eigenvalue weighted by atomic mass is 19.1. The van der Waals surface area contributed by atoms with E-state index in [4.69, 9.17) is 19.7 Å². The average molecular weight is 627 g/mol. The molecule has 3 heterocycles. The highest BCUT2D eigenvalue weighted by Gasteiger charge is 2.24. The van der Waals surface area contributed by atoms with E-state index in [0.29, 0.717) is 13.1 Å². The summed E-state index contributed by atoms with van der Waals surface area (Å²) in [5.41, 5.74) is -0.711. The Balaban J connectivity index is 0.000000207. The topological polar surface area (TPSA) is 169 Å². The van der Waals surface area contributed by atoms with Gasteiger partial charge in [-0.15, -0.1) is 0 Å². The van der Waals surface area contributed by atoms with Crippen LogP contribution in [0, 0.1) is 11.6 Å². The van der Waals surface area contributed by atoms with E-state index in [1.165, 1.54) is 50.5 Å². The van der Waals surface area contributed by atoms with Crippen molar-refractivity contribution in [2.75, 3.05) is 27.2 Å². The fourth-order valence-corrected chi connectivity index (χ4v) is 4.09. The number of benzene rings is 2. The summed E-state index contributed by atoms with van der Waals surface area (Å²) >= 11 is 0. The van der Waals surface area contributed by atoms with E-state index in [9.17, 15) is 28.0 Å². The van der Waals surface area contributed by atoms with Gasteiger partial charge in [-0.05, 0) is 43.5 Å². The van der Waals surface area contributed by atoms with E-state index < -0.39 is 35.8 Å². The van der Waals surface area contributed by atoms with Gasteiger partial charge in [0.25, 0.3) is 0 Å². The van der Waals surface area contributed by atoms with Crippen LogP contribution in [0.3, 0.4) is 0 Å². The molecule has 2 aromatic heterocycles. The molecule has 1 fully saturated rings. The molecule has 45 heavy (non-hydrogen) atoms. The number of carbonyl (C=O) groups is 4. The molecular weight excluding hydrogens is 598 g/mol. The summed E-state index contributed by atoms with van der Waals surface area (Å²) in [6.07, 6.45) is 1.51. The van der Waals surface area contributed by atoms with Gasteiger partial charge in [-0.2, -0.15) is 19.6 Å². The minimum absolute atomic E-state index is 0.00597. The van der Waals surface area contributed by atoms with Crippen LogP contribution in [0.15, 0.2) is 60.7 Å². The summed E-state index contributed by atoms with van der Waals surface area (Å²) in [6.45, 7) is 1.16. The van der Waals surface area contributed by atoms with Gasteiger partial charge in [0.05, 0.1) is 0 Å². The third-order valence-electron chi connectivity index (χ3n) is 6.32. The number of nitrogens with zero attached hydrogens (tertiary/aromatic N) is 6. The number of piperidine rings is 1.